The Hall–Kier alpha value is -3.26. The van der Waals surface area contributed by atoms with Crippen molar-refractivity contribution in [3.8, 4) is 0 Å². The van der Waals surface area contributed by atoms with Gasteiger partial charge in [0.15, 0.2) is 0 Å². The number of nitrogens with one attached hydrogen (secondary N) is 1. The number of aryl methyl sites for hydroxylation is 1. The second-order valence-electron chi connectivity index (χ2n) is 7.23. The van der Waals surface area contributed by atoms with Crippen LogP contribution in [0.5, 0.6) is 0 Å². The number of fused-ring (bicyclic) bond motifs is 1. The van der Waals surface area contributed by atoms with E-state index in [1.54, 1.807) is 17.0 Å². The number of benzene rings is 2. The van der Waals surface area contributed by atoms with Crippen molar-refractivity contribution in [2.24, 2.45) is 0 Å². The number of urea groups is 1. The van der Waals surface area contributed by atoms with Crippen LogP contribution >= 0.6 is 11.6 Å². The van der Waals surface area contributed by atoms with Crippen molar-refractivity contribution >= 4 is 46.3 Å². The first kappa shape index (κ1) is 21.0. The zero-order chi connectivity index (χ0) is 22.0. The van der Waals surface area contributed by atoms with Gasteiger partial charge < -0.3 is 24.4 Å². The Morgan fingerprint density at radius 3 is 2.58 bits per heavy atom. The van der Waals surface area contributed by atoms with Crippen LogP contribution in [0.3, 0.4) is 0 Å². The topological polar surface area (TPSA) is 79.7 Å². The maximum absolute atomic E-state index is 12.8. The van der Waals surface area contributed by atoms with Crippen LogP contribution in [0, 0.1) is 0 Å². The fourth-order valence-corrected chi connectivity index (χ4v) is 4.00. The third-order valence-corrected chi connectivity index (χ3v) is 5.66. The molecule has 1 aliphatic heterocycles. The van der Waals surface area contributed by atoms with Crippen LogP contribution in [0.15, 0.2) is 42.5 Å². The van der Waals surface area contributed by atoms with Crippen LogP contribution in [0.2, 0.25) is 5.02 Å². The smallest absolute Gasteiger partial charge is 0.339 e. The summed E-state index contributed by atoms with van der Waals surface area (Å²) in [7, 11) is 1.30. The maximum Gasteiger partial charge on any atom is 0.339 e. The quantitative estimate of drug-likeness (QED) is 0.622. The summed E-state index contributed by atoms with van der Waals surface area (Å²) in [5.74, 6) is 0.391. The zero-order valence-electron chi connectivity index (χ0n) is 17.5. The van der Waals surface area contributed by atoms with Crippen molar-refractivity contribution in [2.75, 3.05) is 43.5 Å². The molecule has 9 heteroatoms. The largest absolute Gasteiger partial charge is 0.465 e. The lowest BCUT2D eigenvalue weighted by atomic mass is 10.2. The molecule has 1 N–H and O–H groups in total. The molecule has 0 aliphatic carbocycles. The predicted molar refractivity (Wildman–Crippen MR) is 121 cm³/mol. The summed E-state index contributed by atoms with van der Waals surface area (Å²) in [5, 5.41) is 3.22. The number of rotatable bonds is 4. The van der Waals surface area contributed by atoms with Gasteiger partial charge in [0.1, 0.15) is 0 Å². The number of aromatic nitrogens is 2. The average Bonchev–Trinajstić information content (AvgIpc) is 3.17. The summed E-state index contributed by atoms with van der Waals surface area (Å²) in [6, 6.07) is 12.5. The number of carbonyl (C=O) groups excluding carboxylic acids is 2. The molecular weight excluding hydrogens is 418 g/mol. The number of imidazole rings is 1. The number of nitrogens with zero attached hydrogens (tertiary/aromatic N) is 4. The van der Waals surface area contributed by atoms with Crippen molar-refractivity contribution in [3.63, 3.8) is 0 Å². The number of piperazine rings is 1. The summed E-state index contributed by atoms with van der Waals surface area (Å²) in [6.45, 7) is 5.32. The molecule has 0 spiro atoms. The Labute approximate surface area is 185 Å². The van der Waals surface area contributed by atoms with Gasteiger partial charge in [-0.3, -0.25) is 0 Å². The molecule has 1 aromatic heterocycles. The predicted octanol–water partition coefficient (Wildman–Crippen LogP) is 3.85. The summed E-state index contributed by atoms with van der Waals surface area (Å²) in [6.07, 6.45) is 0. The van der Waals surface area contributed by atoms with Gasteiger partial charge in [-0.1, -0.05) is 23.7 Å². The second-order valence-corrected chi connectivity index (χ2v) is 7.67. The molecule has 1 fully saturated rings. The first-order chi connectivity index (χ1) is 15.0. The van der Waals surface area contributed by atoms with Gasteiger partial charge in [0, 0.05) is 37.7 Å². The van der Waals surface area contributed by atoms with E-state index in [2.05, 4.69) is 27.8 Å². The highest BCUT2D eigenvalue weighted by Gasteiger charge is 2.25. The average molecular weight is 442 g/mol. The number of ether oxygens (including phenoxy) is 1. The van der Waals surface area contributed by atoms with Gasteiger partial charge in [0.25, 0.3) is 0 Å². The highest BCUT2D eigenvalue weighted by Crippen LogP contribution is 2.25. The molecule has 8 nitrogen and oxygen atoms in total. The summed E-state index contributed by atoms with van der Waals surface area (Å²) >= 11 is 6.05. The lowest BCUT2D eigenvalue weighted by Crippen LogP contribution is -2.50. The number of carbonyl (C=O) groups is 2. The normalized spacial score (nSPS) is 14.0. The number of methoxy groups -OCH3 is 1. The third-order valence-electron chi connectivity index (χ3n) is 5.43. The minimum atomic E-state index is -0.532. The Balaban J connectivity index is 1.46. The van der Waals surface area contributed by atoms with E-state index in [0.717, 1.165) is 23.5 Å². The summed E-state index contributed by atoms with van der Waals surface area (Å²) in [4.78, 5) is 33.5. The number of esters is 1. The molecule has 2 heterocycles. The van der Waals surface area contributed by atoms with Gasteiger partial charge in [0.05, 0.1) is 29.4 Å². The van der Waals surface area contributed by atoms with Gasteiger partial charge in [-0.25, -0.2) is 14.6 Å². The molecule has 31 heavy (non-hydrogen) atoms. The van der Waals surface area contributed by atoms with E-state index in [0.29, 0.717) is 36.9 Å². The highest BCUT2D eigenvalue weighted by molar-refractivity contribution is 6.31. The fourth-order valence-electron chi connectivity index (χ4n) is 3.83. The molecule has 162 valence electrons. The Bertz CT molecular complexity index is 1120. The van der Waals surface area contributed by atoms with Crippen LogP contribution in [0.1, 0.15) is 17.3 Å². The highest BCUT2D eigenvalue weighted by atomic mass is 35.5. The maximum atomic E-state index is 12.8. The number of hydrogen-bond donors (Lipinski definition) is 1. The van der Waals surface area contributed by atoms with E-state index < -0.39 is 5.97 Å². The van der Waals surface area contributed by atoms with Crippen molar-refractivity contribution in [1.82, 2.24) is 14.5 Å². The molecule has 0 unspecified atom stereocenters. The van der Waals surface area contributed by atoms with Gasteiger partial charge in [-0.15, -0.1) is 0 Å². The van der Waals surface area contributed by atoms with Gasteiger partial charge in [-0.05, 0) is 37.3 Å². The second kappa shape index (κ2) is 8.85. The van der Waals surface area contributed by atoms with Crippen LogP contribution in [-0.2, 0) is 11.3 Å². The van der Waals surface area contributed by atoms with E-state index in [1.807, 2.05) is 18.2 Å². The molecule has 1 aliphatic rings. The van der Waals surface area contributed by atoms with Gasteiger partial charge >= 0.3 is 12.0 Å². The van der Waals surface area contributed by atoms with Gasteiger partial charge in [-0.2, -0.15) is 0 Å². The monoisotopic (exact) mass is 441 g/mol. The SMILES string of the molecule is CCn1c(N2CCN(C(=O)Nc3cc(Cl)ccc3C(=O)OC)CC2)nc2ccccc21. The molecule has 3 aromatic rings. The molecular formula is C22H24ClN5O3. The van der Waals surface area contributed by atoms with Crippen LogP contribution in [0.25, 0.3) is 11.0 Å². The molecule has 2 amide bonds. The van der Waals surface area contributed by atoms with Crippen LogP contribution < -0.4 is 10.2 Å². The Morgan fingerprint density at radius 1 is 1.13 bits per heavy atom. The van der Waals surface area contributed by atoms with Crippen molar-refractivity contribution < 1.29 is 14.3 Å². The van der Waals surface area contributed by atoms with E-state index >= 15 is 0 Å². The number of para-hydroxylation sites is 2. The lowest BCUT2D eigenvalue weighted by Gasteiger charge is -2.35. The van der Waals surface area contributed by atoms with Crippen LogP contribution in [-0.4, -0.2) is 59.7 Å². The molecule has 0 saturated carbocycles. The third kappa shape index (κ3) is 4.16. The molecule has 4 rings (SSSR count). The standard InChI is InChI=1S/C22H24ClN5O3/c1-3-28-19-7-5-4-6-17(19)24-21(28)26-10-12-27(13-11-26)22(30)25-18-14-15(23)8-9-16(18)20(29)31-2/h4-9,14H,3,10-13H2,1-2H3,(H,25,30). The molecule has 0 bridgehead atoms. The van der Waals surface area contributed by atoms with Gasteiger partial charge in [0.2, 0.25) is 5.95 Å². The Kier molecular flexibility index (Phi) is 5.99. The van der Waals surface area contributed by atoms with Crippen molar-refractivity contribution in [2.45, 2.75) is 13.5 Å². The number of hydrogen-bond acceptors (Lipinski definition) is 5. The van der Waals surface area contributed by atoms with E-state index in [4.69, 9.17) is 21.3 Å². The number of amides is 2. The minimum absolute atomic E-state index is 0.260. The molecule has 1 saturated heterocycles. The first-order valence-electron chi connectivity index (χ1n) is 10.2. The minimum Gasteiger partial charge on any atom is -0.465 e. The van der Waals surface area contributed by atoms with E-state index in [-0.39, 0.29) is 11.6 Å². The van der Waals surface area contributed by atoms with Crippen molar-refractivity contribution in [1.29, 1.82) is 0 Å². The summed E-state index contributed by atoms with van der Waals surface area (Å²) < 4.78 is 6.98. The first-order valence-corrected chi connectivity index (χ1v) is 10.5. The zero-order valence-corrected chi connectivity index (χ0v) is 18.2. The molecule has 0 atom stereocenters. The summed E-state index contributed by atoms with van der Waals surface area (Å²) in [5.41, 5.74) is 2.67. The lowest BCUT2D eigenvalue weighted by molar-refractivity contribution is 0.0602. The molecule has 0 radical (unpaired) electrons. The fraction of sp³-hybridized carbons (Fsp3) is 0.318. The number of anilines is 2. The van der Waals surface area contributed by atoms with E-state index in [1.165, 1.54) is 13.2 Å². The van der Waals surface area contributed by atoms with Crippen molar-refractivity contribution in [3.05, 3.63) is 53.1 Å². The molecule has 2 aromatic carbocycles. The van der Waals surface area contributed by atoms with Crippen LogP contribution in [0.4, 0.5) is 16.4 Å². The Morgan fingerprint density at radius 2 is 1.87 bits per heavy atom. The van der Waals surface area contributed by atoms with E-state index in [9.17, 15) is 9.59 Å². The number of halogens is 1.